The summed E-state index contributed by atoms with van der Waals surface area (Å²) in [7, 11) is 0. The lowest BCUT2D eigenvalue weighted by molar-refractivity contribution is -0.116. The number of nitrogens with zero attached hydrogens (tertiary/aromatic N) is 1. The van der Waals surface area contributed by atoms with Gasteiger partial charge in [0, 0.05) is 5.57 Å². The molecule has 6 nitrogen and oxygen atoms in total. The SMILES string of the molecule is C=C(C)C(=O)N/C(N)=N/C(N)=O. The largest absolute Gasteiger partial charge is 0.369 e. The van der Waals surface area contributed by atoms with Gasteiger partial charge in [0.25, 0.3) is 5.91 Å². The van der Waals surface area contributed by atoms with Crippen LogP contribution in [0.5, 0.6) is 0 Å². The van der Waals surface area contributed by atoms with Gasteiger partial charge in [-0.2, -0.15) is 4.99 Å². The van der Waals surface area contributed by atoms with Gasteiger partial charge in [-0.25, -0.2) is 4.79 Å². The Bertz CT molecular complexity index is 256. The molecule has 0 aromatic rings. The Labute approximate surface area is 69.3 Å². The smallest absolute Gasteiger partial charge is 0.341 e. The number of carbonyl (C=O) groups is 2. The zero-order valence-electron chi connectivity index (χ0n) is 6.63. The molecule has 66 valence electrons. The van der Waals surface area contributed by atoms with Crippen LogP contribution < -0.4 is 16.8 Å². The van der Waals surface area contributed by atoms with Crippen molar-refractivity contribution in [3.05, 3.63) is 12.2 Å². The topological polar surface area (TPSA) is 111 Å². The number of aliphatic imine (C=N–C) groups is 1. The predicted molar refractivity (Wildman–Crippen MR) is 44.2 cm³/mol. The molecule has 0 aliphatic rings. The van der Waals surface area contributed by atoms with E-state index in [-0.39, 0.29) is 11.5 Å². The van der Waals surface area contributed by atoms with Crippen LogP contribution in [0.4, 0.5) is 4.79 Å². The maximum atomic E-state index is 10.8. The van der Waals surface area contributed by atoms with E-state index in [1.165, 1.54) is 6.92 Å². The van der Waals surface area contributed by atoms with Crippen LogP contribution in [0.15, 0.2) is 17.1 Å². The number of primary amides is 1. The molecule has 0 saturated carbocycles. The molecule has 0 aromatic carbocycles. The van der Waals surface area contributed by atoms with Gasteiger partial charge in [-0.05, 0) is 6.92 Å². The predicted octanol–water partition coefficient (Wildman–Crippen LogP) is -0.928. The van der Waals surface area contributed by atoms with Crippen LogP contribution in [0.1, 0.15) is 6.92 Å². The van der Waals surface area contributed by atoms with E-state index in [9.17, 15) is 9.59 Å². The molecule has 0 aliphatic heterocycles. The van der Waals surface area contributed by atoms with Gasteiger partial charge >= 0.3 is 6.03 Å². The fraction of sp³-hybridized carbons (Fsp3) is 0.167. The van der Waals surface area contributed by atoms with Gasteiger partial charge in [-0.3, -0.25) is 10.1 Å². The molecule has 0 radical (unpaired) electrons. The number of guanidine groups is 1. The molecule has 0 rings (SSSR count). The first-order chi connectivity index (χ1) is 5.43. The molecular weight excluding hydrogens is 160 g/mol. The molecule has 0 spiro atoms. The van der Waals surface area contributed by atoms with Crippen LogP contribution in [-0.4, -0.2) is 17.9 Å². The number of hydrogen-bond acceptors (Lipinski definition) is 2. The van der Waals surface area contributed by atoms with Crippen molar-refractivity contribution >= 4 is 17.9 Å². The fourth-order valence-electron chi connectivity index (χ4n) is 0.370. The first-order valence-corrected chi connectivity index (χ1v) is 3.04. The molecule has 0 aromatic heterocycles. The van der Waals surface area contributed by atoms with E-state index in [0.29, 0.717) is 0 Å². The van der Waals surface area contributed by atoms with E-state index in [0.717, 1.165) is 0 Å². The van der Waals surface area contributed by atoms with Crippen molar-refractivity contribution < 1.29 is 9.59 Å². The number of rotatable bonds is 1. The highest BCUT2D eigenvalue weighted by Crippen LogP contribution is 1.84. The first-order valence-electron chi connectivity index (χ1n) is 3.04. The van der Waals surface area contributed by atoms with Gasteiger partial charge in [-0.15, -0.1) is 0 Å². The number of nitrogens with two attached hydrogens (primary N) is 2. The molecule has 6 heteroatoms. The van der Waals surface area contributed by atoms with Crippen molar-refractivity contribution in [2.45, 2.75) is 6.92 Å². The van der Waals surface area contributed by atoms with Crippen molar-refractivity contribution in [2.24, 2.45) is 16.5 Å². The number of nitrogens with one attached hydrogen (secondary N) is 1. The van der Waals surface area contributed by atoms with Crippen LogP contribution in [0.3, 0.4) is 0 Å². The molecule has 0 atom stereocenters. The Kier molecular flexibility index (Phi) is 3.48. The lowest BCUT2D eigenvalue weighted by Crippen LogP contribution is -2.38. The second kappa shape index (κ2) is 4.12. The monoisotopic (exact) mass is 170 g/mol. The lowest BCUT2D eigenvalue weighted by atomic mass is 10.3. The van der Waals surface area contributed by atoms with Crippen molar-refractivity contribution in [3.8, 4) is 0 Å². The molecule has 3 amide bonds. The quantitative estimate of drug-likeness (QED) is 0.268. The van der Waals surface area contributed by atoms with Crippen molar-refractivity contribution in [1.82, 2.24) is 5.32 Å². The number of urea groups is 1. The zero-order valence-corrected chi connectivity index (χ0v) is 6.63. The third-order valence-electron chi connectivity index (χ3n) is 0.860. The Morgan fingerprint density at radius 3 is 2.25 bits per heavy atom. The highest BCUT2D eigenvalue weighted by atomic mass is 16.2. The molecule has 0 aliphatic carbocycles. The fourth-order valence-corrected chi connectivity index (χ4v) is 0.370. The van der Waals surface area contributed by atoms with Crippen molar-refractivity contribution in [3.63, 3.8) is 0 Å². The number of hydrogen-bond donors (Lipinski definition) is 3. The van der Waals surface area contributed by atoms with Gasteiger partial charge in [0.2, 0.25) is 5.96 Å². The van der Waals surface area contributed by atoms with Gasteiger partial charge < -0.3 is 11.5 Å². The van der Waals surface area contributed by atoms with E-state index in [1.807, 2.05) is 0 Å². The van der Waals surface area contributed by atoms with E-state index in [1.54, 1.807) is 0 Å². The van der Waals surface area contributed by atoms with Crippen molar-refractivity contribution in [2.75, 3.05) is 0 Å². The van der Waals surface area contributed by atoms with Gasteiger partial charge in [0.05, 0.1) is 0 Å². The van der Waals surface area contributed by atoms with E-state index in [4.69, 9.17) is 5.73 Å². The van der Waals surface area contributed by atoms with Crippen molar-refractivity contribution in [1.29, 1.82) is 0 Å². The molecule has 0 heterocycles. The molecule has 5 N–H and O–H groups in total. The maximum absolute atomic E-state index is 10.8. The van der Waals surface area contributed by atoms with Crippen LogP contribution in [0.2, 0.25) is 0 Å². The summed E-state index contributed by atoms with van der Waals surface area (Å²) in [4.78, 5) is 24.0. The summed E-state index contributed by atoms with van der Waals surface area (Å²) in [6, 6.07) is -0.963. The summed E-state index contributed by atoms with van der Waals surface area (Å²) < 4.78 is 0. The maximum Gasteiger partial charge on any atom is 0.341 e. The van der Waals surface area contributed by atoms with Gasteiger partial charge in [-0.1, -0.05) is 6.58 Å². The Morgan fingerprint density at radius 2 is 1.92 bits per heavy atom. The van der Waals surface area contributed by atoms with E-state index in [2.05, 4.69) is 22.6 Å². The summed E-state index contributed by atoms with van der Waals surface area (Å²) in [6.07, 6.45) is 0. The third-order valence-corrected chi connectivity index (χ3v) is 0.860. The normalized spacial score (nSPS) is 10.6. The lowest BCUT2D eigenvalue weighted by Gasteiger charge is -2.00. The average Bonchev–Trinajstić information content (AvgIpc) is 1.84. The Morgan fingerprint density at radius 1 is 1.42 bits per heavy atom. The number of carbonyl (C=O) groups excluding carboxylic acids is 2. The molecule has 0 saturated heterocycles. The summed E-state index contributed by atoms with van der Waals surface area (Å²) in [5, 5.41) is 2.10. The summed E-state index contributed by atoms with van der Waals surface area (Å²) in [6.45, 7) is 4.84. The highest BCUT2D eigenvalue weighted by molar-refractivity contribution is 6.06. The standard InChI is InChI=1S/C6H10N4O2/c1-3(2)4(11)9-5(7)10-6(8)12/h1H2,2H3,(H5,7,8,9,10,11,12). The second-order valence-corrected chi connectivity index (χ2v) is 2.07. The van der Waals surface area contributed by atoms with Crippen LogP contribution in [-0.2, 0) is 4.79 Å². The molecular formula is C6H10N4O2. The van der Waals surface area contributed by atoms with Gasteiger partial charge in [0.15, 0.2) is 0 Å². The first kappa shape index (κ1) is 10.2. The molecule has 12 heavy (non-hydrogen) atoms. The second-order valence-electron chi connectivity index (χ2n) is 2.07. The number of amides is 3. The Balaban J connectivity index is 4.19. The highest BCUT2D eigenvalue weighted by Gasteiger charge is 2.03. The van der Waals surface area contributed by atoms with Gasteiger partial charge in [0.1, 0.15) is 0 Å². The molecule has 0 unspecified atom stereocenters. The zero-order chi connectivity index (χ0) is 9.72. The minimum atomic E-state index is -0.963. The van der Waals surface area contributed by atoms with Crippen LogP contribution in [0.25, 0.3) is 0 Å². The molecule has 0 bridgehead atoms. The Hall–Kier alpha value is -1.85. The minimum Gasteiger partial charge on any atom is -0.369 e. The minimum absolute atomic E-state index is 0.262. The average molecular weight is 170 g/mol. The third kappa shape index (κ3) is 4.04. The summed E-state index contributed by atoms with van der Waals surface area (Å²) >= 11 is 0. The summed E-state index contributed by atoms with van der Waals surface area (Å²) in [5.41, 5.74) is 10.0. The molecule has 0 fully saturated rings. The van der Waals surface area contributed by atoms with E-state index >= 15 is 0 Å². The van der Waals surface area contributed by atoms with E-state index < -0.39 is 11.9 Å². The van der Waals surface area contributed by atoms with Crippen LogP contribution in [0, 0.1) is 0 Å². The summed E-state index contributed by atoms with van der Waals surface area (Å²) in [5.74, 6) is -0.840. The van der Waals surface area contributed by atoms with Crippen LogP contribution >= 0.6 is 0 Å².